The topological polar surface area (TPSA) is 71.1 Å². The molecule has 0 N–H and O–H groups in total. The first-order chi connectivity index (χ1) is 14.5. The number of ether oxygens (including phenoxy) is 4. The Morgan fingerprint density at radius 1 is 0.933 bits per heavy atom. The zero-order chi connectivity index (χ0) is 20.8. The molecule has 5 atom stereocenters. The van der Waals surface area contributed by atoms with E-state index in [0.717, 1.165) is 11.1 Å². The molecule has 3 fully saturated rings. The molecule has 0 amide bonds. The number of esters is 2. The Labute approximate surface area is 175 Å². The van der Waals surface area contributed by atoms with Crippen LogP contribution in [0.4, 0.5) is 0 Å². The van der Waals surface area contributed by atoms with E-state index in [0.29, 0.717) is 6.42 Å². The first-order valence-corrected chi connectivity index (χ1v) is 10.3. The molecule has 3 unspecified atom stereocenters. The van der Waals surface area contributed by atoms with Crippen LogP contribution in [-0.2, 0) is 41.8 Å². The largest absolute Gasteiger partial charge is 0.461 e. The highest BCUT2D eigenvalue weighted by Gasteiger charge is 2.84. The maximum Gasteiger partial charge on any atom is 0.339 e. The molecule has 3 aliphatic rings. The second-order valence-corrected chi connectivity index (χ2v) is 8.40. The third-order valence-electron chi connectivity index (χ3n) is 6.43. The van der Waals surface area contributed by atoms with Crippen LogP contribution >= 0.6 is 0 Å². The summed E-state index contributed by atoms with van der Waals surface area (Å²) >= 11 is 0. The molecule has 1 aliphatic carbocycles. The summed E-state index contributed by atoms with van der Waals surface area (Å²) in [5.74, 6) is -0.879. The van der Waals surface area contributed by atoms with Gasteiger partial charge in [-0.15, -0.1) is 0 Å². The molecule has 6 nitrogen and oxygen atoms in total. The minimum Gasteiger partial charge on any atom is -0.461 e. The van der Waals surface area contributed by atoms with Gasteiger partial charge >= 0.3 is 11.9 Å². The van der Waals surface area contributed by atoms with Gasteiger partial charge in [-0.2, -0.15) is 0 Å². The molecule has 2 aliphatic heterocycles. The monoisotopic (exact) mass is 406 g/mol. The lowest BCUT2D eigenvalue weighted by atomic mass is 9.51. The predicted octanol–water partition coefficient (Wildman–Crippen LogP) is 1.75. The van der Waals surface area contributed by atoms with E-state index in [9.17, 15) is 9.59 Å². The van der Waals surface area contributed by atoms with Crippen molar-refractivity contribution in [3.63, 3.8) is 0 Å². The number of carbonyl (C=O) groups excluding carboxylic acids is 2. The van der Waals surface area contributed by atoms with Gasteiger partial charge in [0, 0.05) is 6.42 Å². The third kappa shape index (κ3) is 3.04. The molecule has 30 heavy (non-hydrogen) atoms. The van der Waals surface area contributed by atoms with Crippen LogP contribution < -0.4 is 0 Å². The van der Waals surface area contributed by atoms with Gasteiger partial charge in [-0.05, 0) is 11.1 Å². The lowest BCUT2D eigenvalue weighted by Crippen LogP contribution is -2.79. The van der Waals surface area contributed by atoms with Crippen LogP contribution in [0, 0.1) is 5.92 Å². The fraction of sp³-hybridized carbons (Fsp3) is 0.391. The van der Waals surface area contributed by atoms with E-state index in [2.05, 4.69) is 0 Å². The Bertz CT molecular complexity index is 951. The summed E-state index contributed by atoms with van der Waals surface area (Å²) in [5, 5.41) is 0. The number of carbonyl (C=O) groups is 2. The van der Waals surface area contributed by atoms with E-state index in [4.69, 9.17) is 18.9 Å². The molecular weight excluding hydrogens is 383 g/mol. The number of hydrogen-bond acceptors (Lipinski definition) is 6. The standard InChI is InChI=1S/C23H23BO6/c24-20-18-19-22(30-20,11-17(25)27-12-15-7-3-1-4-8-15)14-23(19,29-18)21(26)28-13-16-9-5-2-6-10-16/h1-10,18-20H,11-14,24H2/t18?,19?,20-,22+,23?/m1/s1. The fourth-order valence-electron chi connectivity index (χ4n) is 5.14. The van der Waals surface area contributed by atoms with Gasteiger partial charge in [0.25, 0.3) is 0 Å². The molecule has 5 rings (SSSR count). The fourth-order valence-corrected chi connectivity index (χ4v) is 5.14. The maximum absolute atomic E-state index is 12.8. The predicted molar refractivity (Wildman–Crippen MR) is 109 cm³/mol. The van der Waals surface area contributed by atoms with Gasteiger partial charge in [0.15, 0.2) is 5.60 Å². The van der Waals surface area contributed by atoms with Gasteiger partial charge in [-0.1, -0.05) is 60.7 Å². The van der Waals surface area contributed by atoms with Crippen LogP contribution in [-0.4, -0.2) is 43.1 Å². The normalized spacial score (nSPS) is 33.0. The van der Waals surface area contributed by atoms with Crippen molar-refractivity contribution < 1.29 is 28.5 Å². The molecule has 0 bridgehead atoms. The van der Waals surface area contributed by atoms with Crippen LogP contribution in [0.1, 0.15) is 24.0 Å². The van der Waals surface area contributed by atoms with Crippen molar-refractivity contribution in [2.24, 2.45) is 5.92 Å². The summed E-state index contributed by atoms with van der Waals surface area (Å²) < 4.78 is 23.1. The highest BCUT2D eigenvalue weighted by molar-refractivity contribution is 6.12. The van der Waals surface area contributed by atoms with Crippen molar-refractivity contribution >= 4 is 19.8 Å². The van der Waals surface area contributed by atoms with Crippen molar-refractivity contribution in [1.82, 2.24) is 0 Å². The Morgan fingerprint density at radius 3 is 2.17 bits per heavy atom. The summed E-state index contributed by atoms with van der Waals surface area (Å²) in [6.45, 7) is 0.421. The number of hydrogen-bond donors (Lipinski definition) is 0. The average Bonchev–Trinajstić information content (AvgIpc) is 2.83. The summed E-state index contributed by atoms with van der Waals surface area (Å²) in [5.41, 5.74) is 0.150. The highest BCUT2D eigenvalue weighted by atomic mass is 16.6. The van der Waals surface area contributed by atoms with Crippen LogP contribution in [0.3, 0.4) is 0 Å². The molecule has 2 aromatic carbocycles. The zero-order valence-corrected chi connectivity index (χ0v) is 16.8. The van der Waals surface area contributed by atoms with Gasteiger partial charge < -0.3 is 18.9 Å². The van der Waals surface area contributed by atoms with Gasteiger partial charge in [0.2, 0.25) is 0 Å². The first-order valence-electron chi connectivity index (χ1n) is 10.3. The molecule has 0 aromatic heterocycles. The molecular formula is C23H23BO6. The van der Waals surface area contributed by atoms with E-state index in [1.807, 2.05) is 68.5 Å². The van der Waals surface area contributed by atoms with Gasteiger partial charge in [-0.3, -0.25) is 4.79 Å². The lowest BCUT2D eigenvalue weighted by Gasteiger charge is -2.64. The van der Waals surface area contributed by atoms with Crippen molar-refractivity contribution in [2.45, 2.75) is 49.4 Å². The highest BCUT2D eigenvalue weighted by Crippen LogP contribution is 2.68. The maximum atomic E-state index is 12.8. The van der Waals surface area contributed by atoms with E-state index in [1.54, 1.807) is 0 Å². The van der Waals surface area contributed by atoms with Crippen LogP contribution in [0.2, 0.25) is 0 Å². The zero-order valence-electron chi connectivity index (χ0n) is 16.8. The molecule has 1 saturated carbocycles. The summed E-state index contributed by atoms with van der Waals surface area (Å²) in [6.07, 6.45) is 0.243. The van der Waals surface area contributed by atoms with E-state index in [-0.39, 0.29) is 49.6 Å². The minimum atomic E-state index is -0.996. The number of benzene rings is 2. The minimum absolute atomic E-state index is 0.114. The number of rotatable bonds is 7. The van der Waals surface area contributed by atoms with Crippen molar-refractivity contribution in [3.05, 3.63) is 71.8 Å². The van der Waals surface area contributed by atoms with Gasteiger partial charge in [0.05, 0.1) is 30.0 Å². The smallest absolute Gasteiger partial charge is 0.339 e. The quantitative estimate of drug-likeness (QED) is 0.516. The SMILES string of the molecule is B[C@@H]1O[C@@]2(CC(=O)OCc3ccccc3)CC3(C(=O)OCc4ccccc4)OC1C32. The van der Waals surface area contributed by atoms with Crippen molar-refractivity contribution in [3.8, 4) is 0 Å². The molecule has 7 heteroatoms. The van der Waals surface area contributed by atoms with Crippen molar-refractivity contribution in [2.75, 3.05) is 0 Å². The Morgan fingerprint density at radius 2 is 1.53 bits per heavy atom. The lowest BCUT2D eigenvalue weighted by molar-refractivity contribution is -0.329. The van der Waals surface area contributed by atoms with E-state index in [1.165, 1.54) is 0 Å². The van der Waals surface area contributed by atoms with Crippen LogP contribution in [0.25, 0.3) is 0 Å². The Hall–Kier alpha value is -2.64. The Kier molecular flexibility index (Phi) is 4.67. The van der Waals surface area contributed by atoms with E-state index >= 15 is 0 Å². The third-order valence-corrected chi connectivity index (χ3v) is 6.43. The average molecular weight is 406 g/mol. The summed E-state index contributed by atoms with van der Waals surface area (Å²) in [7, 11) is 1.92. The van der Waals surface area contributed by atoms with Crippen molar-refractivity contribution in [1.29, 1.82) is 0 Å². The Balaban J connectivity index is 1.21. The van der Waals surface area contributed by atoms with E-state index < -0.39 is 11.2 Å². The second kappa shape index (κ2) is 7.25. The first kappa shape index (κ1) is 19.3. The molecule has 154 valence electrons. The van der Waals surface area contributed by atoms with Crippen LogP contribution in [0.5, 0.6) is 0 Å². The second-order valence-electron chi connectivity index (χ2n) is 8.40. The molecule has 0 spiro atoms. The molecule has 2 heterocycles. The van der Waals surface area contributed by atoms with Gasteiger partial charge in [0.1, 0.15) is 21.1 Å². The summed E-state index contributed by atoms with van der Waals surface area (Å²) in [4.78, 5) is 25.3. The molecule has 2 aromatic rings. The van der Waals surface area contributed by atoms with Crippen LogP contribution in [0.15, 0.2) is 60.7 Å². The molecule has 2 saturated heterocycles. The summed E-state index contributed by atoms with van der Waals surface area (Å²) in [6, 6.07) is 18.9. The molecule has 0 radical (unpaired) electrons. The van der Waals surface area contributed by atoms with Gasteiger partial charge in [-0.25, -0.2) is 4.79 Å².